The fourth-order valence-electron chi connectivity index (χ4n) is 8.05. The van der Waals surface area contributed by atoms with Gasteiger partial charge in [-0.1, -0.05) is 6.92 Å². The van der Waals surface area contributed by atoms with Crippen LogP contribution >= 0.6 is 0 Å². The van der Waals surface area contributed by atoms with Crippen molar-refractivity contribution >= 4 is 5.78 Å². The number of Topliss-reactive ketones (excluding diaryl/α,β-unsaturated/α-hetero) is 1. The lowest BCUT2D eigenvalue weighted by Crippen LogP contribution is -2.66. The molecule has 7 heteroatoms. The minimum Gasteiger partial charge on any atom is -0.356 e. The van der Waals surface area contributed by atoms with E-state index in [9.17, 15) is 4.79 Å². The number of methoxy groups -OCH3 is 2. The van der Waals surface area contributed by atoms with Crippen LogP contribution in [0.2, 0.25) is 0 Å². The first-order valence-corrected chi connectivity index (χ1v) is 13.4. The second kappa shape index (κ2) is 9.63. The Morgan fingerprint density at radius 1 is 0.886 bits per heavy atom. The molecule has 0 saturated heterocycles. The monoisotopic (exact) mass is 496 g/mol. The van der Waals surface area contributed by atoms with E-state index in [-0.39, 0.29) is 35.0 Å². The lowest BCUT2D eigenvalue weighted by molar-refractivity contribution is -0.320. The van der Waals surface area contributed by atoms with Crippen LogP contribution in [0.3, 0.4) is 0 Å². The summed E-state index contributed by atoms with van der Waals surface area (Å²) in [6, 6.07) is 0. The quantitative estimate of drug-likeness (QED) is 0.356. The van der Waals surface area contributed by atoms with Gasteiger partial charge in [-0.05, 0) is 97.8 Å². The Labute approximate surface area is 213 Å². The molecule has 0 aromatic rings. The molecule has 0 heterocycles. The molecule has 4 aliphatic carbocycles. The van der Waals surface area contributed by atoms with E-state index in [0.717, 1.165) is 44.9 Å². The Morgan fingerprint density at radius 3 is 1.77 bits per heavy atom. The molecule has 4 fully saturated rings. The van der Waals surface area contributed by atoms with E-state index >= 15 is 0 Å². The van der Waals surface area contributed by atoms with Crippen LogP contribution in [0.1, 0.15) is 106 Å². The topological polar surface area (TPSA) is 106 Å². The molecular formula is C28H52N2O5. The Bertz CT molecular complexity index is 744. The molecule has 5 unspecified atom stereocenters. The van der Waals surface area contributed by atoms with Gasteiger partial charge < -0.3 is 30.4 Å². The SMILES string of the molecule is COC(C)OC12CC3CC(CCC(=O)C(C)(CC(C)(C)N)C(C)(C)N)(C1)CC(OC(C)OC)(C3)C2. The first-order valence-electron chi connectivity index (χ1n) is 13.4. The Hall–Kier alpha value is -0.570. The second-order valence-electron chi connectivity index (χ2n) is 13.9. The minimum absolute atomic E-state index is 0.00607. The van der Waals surface area contributed by atoms with Gasteiger partial charge in [-0.3, -0.25) is 4.79 Å². The zero-order chi connectivity index (χ0) is 26.5. The predicted octanol–water partition coefficient (Wildman–Crippen LogP) is 4.69. The Morgan fingerprint density at radius 2 is 1.37 bits per heavy atom. The number of nitrogens with two attached hydrogens (primary N) is 2. The van der Waals surface area contributed by atoms with Crippen molar-refractivity contribution in [3.8, 4) is 0 Å². The maximum atomic E-state index is 13.9. The lowest BCUT2D eigenvalue weighted by Gasteiger charge is -2.66. The summed E-state index contributed by atoms with van der Waals surface area (Å²) in [5, 5.41) is 0. The van der Waals surface area contributed by atoms with Crippen molar-refractivity contribution in [2.75, 3.05) is 14.2 Å². The van der Waals surface area contributed by atoms with E-state index < -0.39 is 16.5 Å². The maximum absolute atomic E-state index is 13.9. The van der Waals surface area contributed by atoms with Gasteiger partial charge >= 0.3 is 0 Å². The van der Waals surface area contributed by atoms with Gasteiger partial charge in [0.1, 0.15) is 5.78 Å². The molecule has 4 bridgehead atoms. The molecule has 4 N–H and O–H groups in total. The molecule has 0 aromatic carbocycles. The number of hydrogen-bond acceptors (Lipinski definition) is 7. The van der Waals surface area contributed by atoms with Gasteiger partial charge in [-0.2, -0.15) is 0 Å². The summed E-state index contributed by atoms with van der Waals surface area (Å²) >= 11 is 0. The predicted molar refractivity (Wildman–Crippen MR) is 138 cm³/mol. The summed E-state index contributed by atoms with van der Waals surface area (Å²) in [5.74, 6) is 0.717. The van der Waals surface area contributed by atoms with Gasteiger partial charge in [0, 0.05) is 43.6 Å². The molecule has 35 heavy (non-hydrogen) atoms. The first-order chi connectivity index (χ1) is 15.9. The van der Waals surface area contributed by atoms with E-state index in [1.54, 1.807) is 14.2 Å². The van der Waals surface area contributed by atoms with Crippen molar-refractivity contribution in [3.63, 3.8) is 0 Å². The first kappa shape index (κ1) is 29.0. The van der Waals surface area contributed by atoms with Crippen LogP contribution in [-0.4, -0.2) is 54.9 Å². The number of hydrogen-bond donors (Lipinski definition) is 2. The van der Waals surface area contributed by atoms with Crippen molar-refractivity contribution < 1.29 is 23.7 Å². The van der Waals surface area contributed by atoms with Crippen molar-refractivity contribution in [2.24, 2.45) is 28.2 Å². The molecule has 4 rings (SSSR count). The van der Waals surface area contributed by atoms with Crippen LogP contribution in [-0.2, 0) is 23.7 Å². The molecule has 0 aliphatic heterocycles. The molecule has 5 atom stereocenters. The van der Waals surface area contributed by atoms with Crippen molar-refractivity contribution in [2.45, 2.75) is 141 Å². The van der Waals surface area contributed by atoms with Gasteiger partial charge in [-0.25, -0.2) is 0 Å². The van der Waals surface area contributed by atoms with Gasteiger partial charge in [-0.15, -0.1) is 0 Å². The number of ether oxygens (including phenoxy) is 4. The summed E-state index contributed by atoms with van der Waals surface area (Å²) in [4.78, 5) is 13.9. The van der Waals surface area contributed by atoms with Gasteiger partial charge in [0.2, 0.25) is 0 Å². The number of ketones is 1. The van der Waals surface area contributed by atoms with Gasteiger partial charge in [0.15, 0.2) is 12.6 Å². The number of carbonyl (C=O) groups is 1. The zero-order valence-corrected chi connectivity index (χ0v) is 23.8. The van der Waals surface area contributed by atoms with E-state index in [2.05, 4.69) is 0 Å². The maximum Gasteiger partial charge on any atom is 0.155 e. The third-order valence-corrected chi connectivity index (χ3v) is 9.31. The van der Waals surface area contributed by atoms with Gasteiger partial charge in [0.25, 0.3) is 0 Å². The smallest absolute Gasteiger partial charge is 0.155 e. The largest absolute Gasteiger partial charge is 0.356 e. The molecule has 4 saturated carbocycles. The molecule has 0 aromatic heterocycles. The van der Waals surface area contributed by atoms with E-state index in [1.807, 2.05) is 48.5 Å². The average Bonchev–Trinajstić information content (AvgIpc) is 2.68. The highest BCUT2D eigenvalue weighted by atomic mass is 16.7. The van der Waals surface area contributed by atoms with Crippen molar-refractivity contribution in [1.29, 1.82) is 0 Å². The van der Waals surface area contributed by atoms with Crippen molar-refractivity contribution in [1.82, 2.24) is 0 Å². The number of rotatable bonds is 13. The highest BCUT2D eigenvalue weighted by Crippen LogP contribution is 2.67. The van der Waals surface area contributed by atoms with Crippen LogP contribution in [0.5, 0.6) is 0 Å². The summed E-state index contributed by atoms with van der Waals surface area (Å²) < 4.78 is 24.2. The summed E-state index contributed by atoms with van der Waals surface area (Å²) in [5.41, 5.74) is 10.5. The van der Waals surface area contributed by atoms with E-state index in [1.165, 1.54) is 0 Å². The van der Waals surface area contributed by atoms with Crippen LogP contribution < -0.4 is 11.5 Å². The average molecular weight is 497 g/mol. The molecule has 204 valence electrons. The Balaban J connectivity index is 1.87. The lowest BCUT2D eigenvalue weighted by atomic mass is 9.45. The fraction of sp³-hybridized carbons (Fsp3) is 0.964. The van der Waals surface area contributed by atoms with Crippen LogP contribution in [0.4, 0.5) is 0 Å². The molecule has 0 radical (unpaired) electrons. The van der Waals surface area contributed by atoms with Crippen LogP contribution in [0, 0.1) is 16.7 Å². The Kier molecular flexibility index (Phi) is 7.98. The summed E-state index contributed by atoms with van der Waals surface area (Å²) in [6.07, 6.45) is 7.19. The minimum atomic E-state index is -0.703. The molecular weight excluding hydrogens is 444 g/mol. The summed E-state index contributed by atoms with van der Waals surface area (Å²) in [6.45, 7) is 13.8. The highest BCUT2D eigenvalue weighted by molar-refractivity contribution is 5.86. The fourth-order valence-corrected chi connectivity index (χ4v) is 8.05. The number of carbonyl (C=O) groups excluding carboxylic acids is 1. The normalized spacial score (nSPS) is 36.1. The van der Waals surface area contributed by atoms with Crippen molar-refractivity contribution in [3.05, 3.63) is 0 Å². The molecule has 0 amide bonds. The van der Waals surface area contributed by atoms with Gasteiger partial charge in [0.05, 0.1) is 11.2 Å². The summed E-state index contributed by atoms with van der Waals surface area (Å²) in [7, 11) is 3.38. The van der Waals surface area contributed by atoms with Crippen LogP contribution in [0.25, 0.3) is 0 Å². The zero-order valence-electron chi connectivity index (χ0n) is 23.8. The molecule has 0 spiro atoms. The third kappa shape index (κ3) is 6.12. The second-order valence-corrected chi connectivity index (χ2v) is 13.9. The highest BCUT2D eigenvalue weighted by Gasteiger charge is 2.65. The van der Waals surface area contributed by atoms with E-state index in [0.29, 0.717) is 18.8 Å². The standard InChI is InChI=1S/C28H52N2O5/c1-19(32-8)34-27-13-21-12-26(16-27,17-28(14-21,18-27)35-20(2)33-9)11-10-22(31)25(7,24(5,6)30)15-23(3,4)29/h19-21H,10-18,29-30H2,1-9H3. The molecule has 4 aliphatic rings. The third-order valence-electron chi connectivity index (χ3n) is 9.31. The van der Waals surface area contributed by atoms with E-state index in [4.69, 9.17) is 30.4 Å². The molecule has 7 nitrogen and oxygen atoms in total. The van der Waals surface area contributed by atoms with Crippen LogP contribution in [0.15, 0.2) is 0 Å².